The van der Waals surface area contributed by atoms with Crippen LogP contribution in [0.4, 0.5) is 0 Å². The molecule has 2 aromatic carbocycles. The zero-order valence-electron chi connectivity index (χ0n) is 16.1. The van der Waals surface area contributed by atoms with Gasteiger partial charge in [-0.05, 0) is 47.4 Å². The number of benzene rings is 2. The van der Waals surface area contributed by atoms with Crippen LogP contribution in [0, 0.1) is 0 Å². The molecule has 6 nitrogen and oxygen atoms in total. The Hall–Kier alpha value is -2.67. The summed E-state index contributed by atoms with van der Waals surface area (Å²) in [5.41, 5.74) is 6.82. The normalized spacial score (nSPS) is 10.9. The molecule has 0 unspecified atom stereocenters. The number of halogens is 1. The minimum Gasteiger partial charge on any atom is -0.352 e. The first-order valence-corrected chi connectivity index (χ1v) is 9.69. The molecule has 0 atom stereocenters. The fourth-order valence-electron chi connectivity index (χ4n) is 2.38. The lowest BCUT2D eigenvalue weighted by Gasteiger charge is -2.19. The zero-order valence-corrected chi connectivity index (χ0v) is 17.7. The molecule has 0 fully saturated rings. The highest BCUT2D eigenvalue weighted by Crippen LogP contribution is 2.22. The fraction of sp³-hybridized carbons (Fsp3) is 0.286. The summed E-state index contributed by atoms with van der Waals surface area (Å²) in [6.07, 6.45) is 0.0471. The fourth-order valence-corrected chi connectivity index (χ4v) is 2.64. The molecule has 0 saturated heterocycles. The van der Waals surface area contributed by atoms with Gasteiger partial charge in [0.1, 0.15) is 0 Å². The number of hydrazine groups is 1. The molecule has 0 spiro atoms. The Labute approximate surface area is 173 Å². The maximum atomic E-state index is 12.1. The lowest BCUT2D eigenvalue weighted by atomic mass is 9.87. The predicted octanol–water partition coefficient (Wildman–Crippen LogP) is 3.33. The van der Waals surface area contributed by atoms with E-state index in [4.69, 9.17) is 0 Å². The Kier molecular flexibility index (Phi) is 7.34. The van der Waals surface area contributed by atoms with E-state index >= 15 is 0 Å². The first-order valence-electron chi connectivity index (χ1n) is 8.90. The standard InChI is InChI=1S/C21H24BrN3O3/c1-21(2,3)16-8-4-15(5-9-16)20(28)25-24-18(26)12-13-23-19(27)14-6-10-17(22)11-7-14/h4-11H,12-13H2,1-3H3,(H,23,27)(H,24,26)(H,25,28). The summed E-state index contributed by atoms with van der Waals surface area (Å²) in [7, 11) is 0. The number of carbonyl (C=O) groups is 3. The van der Waals surface area contributed by atoms with Crippen LogP contribution in [0.25, 0.3) is 0 Å². The van der Waals surface area contributed by atoms with E-state index in [2.05, 4.69) is 52.9 Å². The first kappa shape index (κ1) is 21.6. The van der Waals surface area contributed by atoms with Crippen LogP contribution >= 0.6 is 15.9 Å². The van der Waals surface area contributed by atoms with Crippen molar-refractivity contribution in [2.24, 2.45) is 0 Å². The van der Waals surface area contributed by atoms with Gasteiger partial charge in [-0.1, -0.05) is 48.8 Å². The maximum Gasteiger partial charge on any atom is 0.269 e. The minimum absolute atomic E-state index is 0.00387. The second-order valence-electron chi connectivity index (χ2n) is 7.34. The van der Waals surface area contributed by atoms with Crippen molar-refractivity contribution in [1.29, 1.82) is 0 Å². The largest absolute Gasteiger partial charge is 0.352 e. The molecule has 0 aliphatic rings. The van der Waals surface area contributed by atoms with Crippen molar-refractivity contribution in [2.75, 3.05) is 6.54 Å². The lowest BCUT2D eigenvalue weighted by Crippen LogP contribution is -2.42. The summed E-state index contributed by atoms with van der Waals surface area (Å²) < 4.78 is 0.882. The third kappa shape index (κ3) is 6.49. The van der Waals surface area contributed by atoms with E-state index in [1.807, 2.05) is 12.1 Å². The number of hydrogen-bond donors (Lipinski definition) is 3. The highest BCUT2D eigenvalue weighted by Gasteiger charge is 2.14. The second-order valence-corrected chi connectivity index (χ2v) is 8.26. The molecule has 0 aliphatic heterocycles. The van der Waals surface area contributed by atoms with E-state index in [9.17, 15) is 14.4 Å². The molecule has 7 heteroatoms. The van der Waals surface area contributed by atoms with Gasteiger partial charge < -0.3 is 5.32 Å². The van der Waals surface area contributed by atoms with E-state index in [1.165, 1.54) is 0 Å². The van der Waals surface area contributed by atoms with Gasteiger partial charge in [0.15, 0.2) is 0 Å². The topological polar surface area (TPSA) is 87.3 Å². The first-order chi connectivity index (χ1) is 13.2. The second kappa shape index (κ2) is 9.50. The molecular formula is C21H24BrN3O3. The van der Waals surface area contributed by atoms with Crippen LogP contribution < -0.4 is 16.2 Å². The van der Waals surface area contributed by atoms with Gasteiger partial charge >= 0.3 is 0 Å². The van der Waals surface area contributed by atoms with Gasteiger partial charge in [-0.2, -0.15) is 0 Å². The van der Waals surface area contributed by atoms with Gasteiger partial charge in [-0.15, -0.1) is 0 Å². The summed E-state index contributed by atoms with van der Waals surface area (Å²) in [4.78, 5) is 35.9. The van der Waals surface area contributed by atoms with E-state index in [0.717, 1.165) is 10.0 Å². The van der Waals surface area contributed by atoms with Gasteiger partial charge in [0.25, 0.3) is 11.8 Å². The third-order valence-corrected chi connectivity index (χ3v) is 4.60. The average molecular weight is 446 g/mol. The van der Waals surface area contributed by atoms with Crippen LogP contribution in [0.3, 0.4) is 0 Å². The molecule has 3 N–H and O–H groups in total. The molecule has 2 rings (SSSR count). The lowest BCUT2D eigenvalue weighted by molar-refractivity contribution is -0.121. The molecule has 148 valence electrons. The Morgan fingerprint density at radius 3 is 1.93 bits per heavy atom. The summed E-state index contributed by atoms with van der Waals surface area (Å²) in [6, 6.07) is 14.1. The van der Waals surface area contributed by atoms with E-state index < -0.39 is 11.8 Å². The van der Waals surface area contributed by atoms with Crippen molar-refractivity contribution in [3.8, 4) is 0 Å². The van der Waals surface area contributed by atoms with Crippen LogP contribution in [0.5, 0.6) is 0 Å². The van der Waals surface area contributed by atoms with Crippen molar-refractivity contribution in [3.63, 3.8) is 0 Å². The van der Waals surface area contributed by atoms with Crippen molar-refractivity contribution in [1.82, 2.24) is 16.2 Å². The molecule has 28 heavy (non-hydrogen) atoms. The van der Waals surface area contributed by atoms with Crippen LogP contribution in [0.1, 0.15) is 53.5 Å². The van der Waals surface area contributed by atoms with E-state index in [1.54, 1.807) is 36.4 Å². The summed E-state index contributed by atoms with van der Waals surface area (Å²) >= 11 is 3.30. The van der Waals surface area contributed by atoms with Crippen LogP contribution in [-0.2, 0) is 10.2 Å². The van der Waals surface area contributed by atoms with Gasteiger partial charge in [0.05, 0.1) is 0 Å². The maximum absolute atomic E-state index is 12.1. The Bertz CT molecular complexity index is 841. The predicted molar refractivity (Wildman–Crippen MR) is 112 cm³/mol. The molecular weight excluding hydrogens is 422 g/mol. The monoisotopic (exact) mass is 445 g/mol. The SMILES string of the molecule is CC(C)(C)c1ccc(C(=O)NNC(=O)CCNC(=O)c2ccc(Br)cc2)cc1. The number of hydrogen-bond acceptors (Lipinski definition) is 3. The van der Waals surface area contributed by atoms with Crippen molar-refractivity contribution >= 4 is 33.7 Å². The molecule has 0 aliphatic carbocycles. The van der Waals surface area contributed by atoms with Gasteiger partial charge in [-0.3, -0.25) is 25.2 Å². The van der Waals surface area contributed by atoms with Crippen LogP contribution in [0.2, 0.25) is 0 Å². The highest BCUT2D eigenvalue weighted by atomic mass is 79.9. The molecule has 0 heterocycles. The van der Waals surface area contributed by atoms with Gasteiger partial charge in [0.2, 0.25) is 5.91 Å². The smallest absolute Gasteiger partial charge is 0.269 e. The zero-order chi connectivity index (χ0) is 20.7. The highest BCUT2D eigenvalue weighted by molar-refractivity contribution is 9.10. The Morgan fingerprint density at radius 2 is 1.36 bits per heavy atom. The quantitative estimate of drug-likeness (QED) is 0.616. The number of nitrogens with one attached hydrogen (secondary N) is 3. The van der Waals surface area contributed by atoms with E-state index in [-0.39, 0.29) is 24.3 Å². The third-order valence-electron chi connectivity index (χ3n) is 4.07. The number of carbonyl (C=O) groups excluding carboxylic acids is 3. The molecule has 3 amide bonds. The number of rotatable bonds is 5. The van der Waals surface area contributed by atoms with Crippen LogP contribution in [-0.4, -0.2) is 24.3 Å². The van der Waals surface area contributed by atoms with Gasteiger partial charge in [0, 0.05) is 28.6 Å². The summed E-state index contributed by atoms with van der Waals surface area (Å²) in [6.45, 7) is 6.45. The van der Waals surface area contributed by atoms with Crippen molar-refractivity contribution in [3.05, 3.63) is 69.7 Å². The van der Waals surface area contributed by atoms with E-state index in [0.29, 0.717) is 11.1 Å². The molecule has 0 saturated carbocycles. The molecule has 0 bridgehead atoms. The van der Waals surface area contributed by atoms with Crippen LogP contribution in [0.15, 0.2) is 53.0 Å². The van der Waals surface area contributed by atoms with Crippen molar-refractivity contribution in [2.45, 2.75) is 32.6 Å². The average Bonchev–Trinajstić information content (AvgIpc) is 2.66. The Morgan fingerprint density at radius 1 is 0.821 bits per heavy atom. The van der Waals surface area contributed by atoms with Gasteiger partial charge in [-0.25, -0.2) is 0 Å². The minimum atomic E-state index is -0.396. The number of amides is 3. The summed E-state index contributed by atoms with van der Waals surface area (Å²) in [5, 5.41) is 2.66. The summed E-state index contributed by atoms with van der Waals surface area (Å²) in [5.74, 6) is -1.05. The molecule has 2 aromatic rings. The molecule has 0 radical (unpaired) electrons. The Balaban J connectivity index is 1.73. The van der Waals surface area contributed by atoms with Crippen molar-refractivity contribution < 1.29 is 14.4 Å². The molecule has 0 aromatic heterocycles.